The summed E-state index contributed by atoms with van der Waals surface area (Å²) < 4.78 is 7.26. The van der Waals surface area contributed by atoms with Crippen LogP contribution in [0.15, 0.2) is 42.2 Å². The van der Waals surface area contributed by atoms with Gasteiger partial charge in [0.1, 0.15) is 13.1 Å². The van der Waals surface area contributed by atoms with Gasteiger partial charge in [0.05, 0.1) is 17.9 Å². The molecular formula is C39H59Br4ClN2. The first-order valence-electron chi connectivity index (χ1n) is 18.2. The molecule has 1 heterocycles. The molecule has 0 saturated carbocycles. The van der Waals surface area contributed by atoms with Crippen LogP contribution in [0.4, 0.5) is 11.4 Å². The van der Waals surface area contributed by atoms with E-state index >= 15 is 0 Å². The smallest absolute Gasteiger partial charge is 0.244 e. The second-order valence-corrected chi connectivity index (χ2v) is 16.5. The number of halogens is 5. The highest BCUT2D eigenvalue weighted by atomic mass is 79.9. The minimum atomic E-state index is 0. The Bertz CT molecular complexity index is 1200. The molecule has 260 valence electrons. The molecular weight excluding hydrogens is 852 g/mol. The van der Waals surface area contributed by atoms with E-state index in [4.69, 9.17) is 0 Å². The van der Waals surface area contributed by atoms with E-state index in [1.807, 2.05) is 0 Å². The topological polar surface area (TPSA) is 6.25 Å². The maximum absolute atomic E-state index is 4.12. The van der Waals surface area contributed by atoms with Crippen molar-refractivity contribution in [2.45, 2.75) is 155 Å². The Hall–Kier alpha value is 0.120. The van der Waals surface area contributed by atoms with Gasteiger partial charge in [-0.15, -0.1) is 0 Å². The lowest BCUT2D eigenvalue weighted by Crippen LogP contribution is -3.00. The van der Waals surface area contributed by atoms with E-state index in [2.05, 4.69) is 131 Å². The van der Waals surface area contributed by atoms with Crippen LogP contribution >= 0.6 is 63.7 Å². The Morgan fingerprint density at radius 1 is 0.587 bits per heavy atom. The number of hydrogen-bond donors (Lipinski definition) is 0. The SMILES string of the molecule is CCCCCCCCC(CCC)c1ccc(Br)c(N2C=[N+](c3c(Br)ccc(C(CCC)CCCCCCCC)c3Br)CC2)c1Br.[Cl-]. The van der Waals surface area contributed by atoms with Gasteiger partial charge in [-0.25, -0.2) is 9.48 Å². The fourth-order valence-electron chi connectivity index (χ4n) is 7.06. The molecule has 46 heavy (non-hydrogen) atoms. The highest BCUT2D eigenvalue weighted by Crippen LogP contribution is 2.45. The zero-order valence-electron chi connectivity index (χ0n) is 29.0. The summed E-state index contributed by atoms with van der Waals surface area (Å²) in [6, 6.07) is 9.27. The van der Waals surface area contributed by atoms with Gasteiger partial charge in [0.25, 0.3) is 0 Å². The number of hydrogen-bond acceptors (Lipinski definition) is 1. The largest absolute Gasteiger partial charge is 1.00 e. The van der Waals surface area contributed by atoms with Crippen LogP contribution in [0.3, 0.4) is 0 Å². The highest BCUT2D eigenvalue weighted by molar-refractivity contribution is 9.11. The Kier molecular flexibility index (Phi) is 21.6. The molecule has 2 nitrogen and oxygen atoms in total. The van der Waals surface area contributed by atoms with Gasteiger partial charge < -0.3 is 12.4 Å². The fraction of sp³-hybridized carbons (Fsp3) is 0.667. The molecule has 1 aliphatic heterocycles. The highest BCUT2D eigenvalue weighted by Gasteiger charge is 2.31. The van der Waals surface area contributed by atoms with Crippen molar-refractivity contribution in [3.05, 3.63) is 53.3 Å². The molecule has 0 bridgehead atoms. The van der Waals surface area contributed by atoms with Crippen LogP contribution in [-0.4, -0.2) is 24.0 Å². The fourth-order valence-corrected chi connectivity index (χ4v) is 10.5. The lowest BCUT2D eigenvalue weighted by Gasteiger charge is -2.21. The van der Waals surface area contributed by atoms with E-state index in [0.717, 1.165) is 22.0 Å². The summed E-state index contributed by atoms with van der Waals surface area (Å²) in [5, 5.41) is 0. The van der Waals surface area contributed by atoms with Crippen LogP contribution in [0.5, 0.6) is 0 Å². The van der Waals surface area contributed by atoms with Gasteiger partial charge in [0.2, 0.25) is 6.34 Å². The maximum atomic E-state index is 4.12. The van der Waals surface area contributed by atoms with Gasteiger partial charge in [-0.05, 0) is 124 Å². The van der Waals surface area contributed by atoms with Crippen LogP contribution in [0.1, 0.15) is 166 Å². The lowest BCUT2D eigenvalue weighted by atomic mass is 9.89. The molecule has 2 unspecified atom stereocenters. The van der Waals surface area contributed by atoms with Gasteiger partial charge in [0, 0.05) is 0 Å². The first-order chi connectivity index (χ1) is 21.9. The van der Waals surface area contributed by atoms with Crippen LogP contribution in [0.2, 0.25) is 0 Å². The Morgan fingerprint density at radius 3 is 1.59 bits per heavy atom. The molecule has 0 spiro atoms. The van der Waals surface area contributed by atoms with Crippen molar-refractivity contribution in [3.8, 4) is 0 Å². The summed E-state index contributed by atoms with van der Waals surface area (Å²) in [6.07, 6.45) is 26.1. The molecule has 7 heteroatoms. The third-order valence-corrected chi connectivity index (χ3v) is 12.5. The summed E-state index contributed by atoms with van der Waals surface area (Å²) in [4.78, 5) is 2.44. The molecule has 0 aliphatic carbocycles. The molecule has 2 aromatic carbocycles. The number of nitrogens with zero attached hydrogens (tertiary/aromatic N) is 2. The minimum absolute atomic E-state index is 0. The quantitative estimate of drug-likeness (QED) is 0.0843. The van der Waals surface area contributed by atoms with Gasteiger partial charge in [-0.2, -0.15) is 0 Å². The second-order valence-electron chi connectivity index (χ2n) is 13.2. The second kappa shape index (κ2) is 23.5. The minimum Gasteiger partial charge on any atom is -1.00 e. The molecule has 3 rings (SSSR count). The molecule has 0 saturated heterocycles. The number of benzene rings is 2. The average Bonchev–Trinajstić information content (AvgIpc) is 3.49. The third kappa shape index (κ3) is 12.5. The molecule has 0 aromatic heterocycles. The first-order valence-corrected chi connectivity index (χ1v) is 21.4. The Morgan fingerprint density at radius 2 is 1.07 bits per heavy atom. The summed E-state index contributed by atoms with van der Waals surface area (Å²) in [7, 11) is 0. The van der Waals surface area contributed by atoms with Crippen molar-refractivity contribution in [1.29, 1.82) is 0 Å². The summed E-state index contributed by atoms with van der Waals surface area (Å²) in [5.74, 6) is 1.20. The Labute approximate surface area is 322 Å². The third-order valence-electron chi connectivity index (χ3n) is 9.59. The Balaban J connectivity index is 0.00000736. The van der Waals surface area contributed by atoms with Crippen LogP contribution in [0.25, 0.3) is 0 Å². The molecule has 2 atom stereocenters. The van der Waals surface area contributed by atoms with Gasteiger partial charge in [-0.1, -0.05) is 130 Å². The number of anilines is 1. The van der Waals surface area contributed by atoms with Crippen molar-refractivity contribution < 1.29 is 17.0 Å². The molecule has 0 amide bonds. The van der Waals surface area contributed by atoms with E-state index < -0.39 is 0 Å². The molecule has 0 fully saturated rings. The zero-order valence-corrected chi connectivity index (χ0v) is 36.1. The van der Waals surface area contributed by atoms with Gasteiger partial charge in [-0.3, -0.25) is 0 Å². The van der Waals surface area contributed by atoms with Gasteiger partial charge in [0.15, 0.2) is 11.4 Å². The predicted molar refractivity (Wildman–Crippen MR) is 213 cm³/mol. The van der Waals surface area contributed by atoms with Crippen molar-refractivity contribution >= 4 is 81.4 Å². The van der Waals surface area contributed by atoms with Crippen molar-refractivity contribution in [3.63, 3.8) is 0 Å². The van der Waals surface area contributed by atoms with Crippen molar-refractivity contribution in [2.24, 2.45) is 0 Å². The number of unbranched alkanes of at least 4 members (excludes halogenated alkanes) is 10. The standard InChI is InChI=1S/C39H59Br4N2.ClH/c1-5-9-11-13-15-17-21-30(19-7-3)32-23-25-34(40)38(36(32)42)44-27-28-45(29-44)39-35(41)26-24-33(37(39)43)31(20-8-4)22-18-16-14-12-10-6-2;/h23-26,29-31H,5-22,27-28H2,1-4H3;1H/q+1;/p-1. The average molecular weight is 911 g/mol. The molecule has 0 radical (unpaired) electrons. The zero-order chi connectivity index (χ0) is 32.6. The normalized spacial score (nSPS) is 14.3. The van der Waals surface area contributed by atoms with E-state index in [9.17, 15) is 0 Å². The lowest BCUT2D eigenvalue weighted by molar-refractivity contribution is -0.425. The van der Waals surface area contributed by atoms with Crippen LogP contribution in [0, 0.1) is 0 Å². The van der Waals surface area contributed by atoms with Crippen LogP contribution < -0.4 is 17.3 Å². The summed E-state index contributed by atoms with van der Waals surface area (Å²) >= 11 is 16.1. The van der Waals surface area contributed by atoms with Gasteiger partial charge >= 0.3 is 0 Å². The van der Waals surface area contributed by atoms with Crippen molar-refractivity contribution in [2.75, 3.05) is 18.0 Å². The van der Waals surface area contributed by atoms with Crippen LogP contribution in [-0.2, 0) is 0 Å². The molecule has 2 aromatic rings. The van der Waals surface area contributed by atoms with E-state index in [-0.39, 0.29) is 12.4 Å². The first kappa shape index (κ1) is 42.3. The molecule has 0 N–H and O–H groups in total. The van der Waals surface area contributed by atoms with E-state index in [0.29, 0.717) is 11.8 Å². The van der Waals surface area contributed by atoms with E-state index in [1.54, 1.807) is 0 Å². The summed E-state index contributed by atoms with van der Waals surface area (Å²) in [5.41, 5.74) is 5.46. The van der Waals surface area contributed by atoms with Crippen molar-refractivity contribution in [1.82, 2.24) is 0 Å². The number of rotatable bonds is 22. The predicted octanol–water partition coefficient (Wildman–Crippen LogP) is 12.2. The van der Waals surface area contributed by atoms with E-state index in [1.165, 1.54) is 147 Å². The summed E-state index contributed by atoms with van der Waals surface area (Å²) in [6.45, 7) is 11.2. The maximum Gasteiger partial charge on any atom is 0.244 e. The molecule has 1 aliphatic rings. The monoisotopic (exact) mass is 906 g/mol.